The van der Waals surface area contributed by atoms with Crippen LogP contribution in [-0.4, -0.2) is 74.6 Å². The fourth-order valence-electron chi connectivity index (χ4n) is 2.34. The highest BCUT2D eigenvalue weighted by Gasteiger charge is 2.50. The van der Waals surface area contributed by atoms with Crippen molar-refractivity contribution >= 4 is 5.84 Å². The molecule has 2 rings (SSSR count). The zero-order valence-corrected chi connectivity index (χ0v) is 10.5. The van der Waals surface area contributed by atoms with E-state index in [4.69, 9.17) is 15.6 Å². The van der Waals surface area contributed by atoms with E-state index in [-0.39, 0.29) is 12.4 Å². The molecule has 0 radical (unpaired) electrons. The van der Waals surface area contributed by atoms with Crippen molar-refractivity contribution in [3.8, 4) is 0 Å². The SMILES string of the molecule is CC1(O)C(O)[C@@H](CO)OCC1N1C=CC(N)=NC1O. The van der Waals surface area contributed by atoms with E-state index in [1.807, 2.05) is 0 Å². The molecule has 8 heteroatoms. The molecule has 2 heterocycles. The van der Waals surface area contributed by atoms with Gasteiger partial charge in [-0.1, -0.05) is 0 Å². The maximum absolute atomic E-state index is 10.4. The Morgan fingerprint density at radius 1 is 1.58 bits per heavy atom. The minimum Gasteiger partial charge on any atom is -0.394 e. The third kappa shape index (κ3) is 2.45. The van der Waals surface area contributed by atoms with E-state index in [1.165, 1.54) is 24.1 Å². The maximum atomic E-state index is 10.4. The Hall–Kier alpha value is -1.19. The van der Waals surface area contributed by atoms with Crippen molar-refractivity contribution in [1.82, 2.24) is 4.90 Å². The van der Waals surface area contributed by atoms with Gasteiger partial charge in [0.2, 0.25) is 6.35 Å². The van der Waals surface area contributed by atoms with Crippen LogP contribution in [0.3, 0.4) is 0 Å². The lowest BCUT2D eigenvalue weighted by Gasteiger charge is -2.49. The number of aliphatic hydroxyl groups is 4. The number of aliphatic imine (C=N–C) groups is 1. The van der Waals surface area contributed by atoms with Crippen molar-refractivity contribution in [3.63, 3.8) is 0 Å². The molecule has 4 unspecified atom stereocenters. The van der Waals surface area contributed by atoms with Gasteiger partial charge in [0.1, 0.15) is 23.6 Å². The van der Waals surface area contributed by atoms with Crippen molar-refractivity contribution in [2.45, 2.75) is 37.1 Å². The number of hydrogen-bond donors (Lipinski definition) is 5. The summed E-state index contributed by atoms with van der Waals surface area (Å²) in [6.07, 6.45) is -0.414. The molecule has 8 nitrogen and oxygen atoms in total. The van der Waals surface area contributed by atoms with Crippen LogP contribution >= 0.6 is 0 Å². The van der Waals surface area contributed by atoms with Crippen molar-refractivity contribution in [1.29, 1.82) is 0 Å². The van der Waals surface area contributed by atoms with Crippen LogP contribution in [0.4, 0.5) is 0 Å². The van der Waals surface area contributed by atoms with Crippen LogP contribution in [0.15, 0.2) is 17.3 Å². The van der Waals surface area contributed by atoms with Crippen LogP contribution in [0.25, 0.3) is 0 Å². The average Bonchev–Trinajstić information content (AvgIpc) is 2.34. The number of ether oxygens (including phenoxy) is 1. The third-order valence-corrected chi connectivity index (χ3v) is 3.58. The first-order chi connectivity index (χ1) is 8.87. The molecule has 0 amide bonds. The average molecular weight is 273 g/mol. The first-order valence-corrected chi connectivity index (χ1v) is 5.97. The molecule has 5 atom stereocenters. The van der Waals surface area contributed by atoms with E-state index in [2.05, 4.69) is 4.99 Å². The highest BCUT2D eigenvalue weighted by Crippen LogP contribution is 2.30. The van der Waals surface area contributed by atoms with Crippen LogP contribution in [0.2, 0.25) is 0 Å². The second-order valence-electron chi connectivity index (χ2n) is 4.90. The molecule has 1 fully saturated rings. The van der Waals surface area contributed by atoms with E-state index < -0.39 is 36.8 Å². The topological polar surface area (TPSA) is 132 Å². The van der Waals surface area contributed by atoms with Gasteiger partial charge in [-0.3, -0.25) is 0 Å². The highest BCUT2D eigenvalue weighted by molar-refractivity contribution is 5.91. The van der Waals surface area contributed by atoms with Gasteiger partial charge in [0.15, 0.2) is 0 Å². The van der Waals surface area contributed by atoms with Crippen LogP contribution in [0.1, 0.15) is 6.92 Å². The number of nitrogens with zero attached hydrogens (tertiary/aromatic N) is 2. The standard InChI is InChI=1S/C11H19N3O5/c1-11(18)7(5-19-6(4-15)9(11)16)14-3-2-8(12)13-10(14)17/h2-3,6-7,9-10,15-18H,4-5H2,1H3,(H2,12,13)/t6-,7?,9?,10?,11?/m1/s1. The summed E-state index contributed by atoms with van der Waals surface area (Å²) in [6, 6.07) is -0.714. The lowest BCUT2D eigenvalue weighted by molar-refractivity contribution is -0.231. The summed E-state index contributed by atoms with van der Waals surface area (Å²) in [7, 11) is 0. The quantitative estimate of drug-likeness (QED) is 0.370. The van der Waals surface area contributed by atoms with Crippen LogP contribution in [-0.2, 0) is 4.74 Å². The van der Waals surface area contributed by atoms with E-state index in [0.717, 1.165) is 0 Å². The summed E-state index contributed by atoms with van der Waals surface area (Å²) in [5, 5.41) is 39.3. The van der Waals surface area contributed by atoms with Crippen molar-refractivity contribution in [3.05, 3.63) is 12.3 Å². The molecule has 0 spiro atoms. The second-order valence-corrected chi connectivity index (χ2v) is 4.90. The molecule has 6 N–H and O–H groups in total. The predicted molar refractivity (Wildman–Crippen MR) is 65.9 cm³/mol. The summed E-state index contributed by atoms with van der Waals surface area (Å²) in [6.45, 7) is 1.06. The van der Waals surface area contributed by atoms with E-state index in [1.54, 1.807) is 0 Å². The molecule has 19 heavy (non-hydrogen) atoms. The molecule has 108 valence electrons. The van der Waals surface area contributed by atoms with Crippen LogP contribution in [0, 0.1) is 0 Å². The first kappa shape index (κ1) is 14.2. The summed E-state index contributed by atoms with van der Waals surface area (Å²) in [5.74, 6) is 0.175. The summed E-state index contributed by atoms with van der Waals surface area (Å²) < 4.78 is 5.29. The van der Waals surface area contributed by atoms with Gasteiger partial charge in [0.05, 0.1) is 19.3 Å². The van der Waals surface area contributed by atoms with Crippen LogP contribution in [0.5, 0.6) is 0 Å². The van der Waals surface area contributed by atoms with Crippen molar-refractivity contribution < 1.29 is 25.2 Å². The summed E-state index contributed by atoms with van der Waals surface area (Å²) in [4.78, 5) is 5.11. The Morgan fingerprint density at radius 3 is 2.84 bits per heavy atom. The van der Waals surface area contributed by atoms with E-state index in [9.17, 15) is 15.3 Å². The van der Waals surface area contributed by atoms with Gasteiger partial charge in [-0.05, 0) is 13.0 Å². The van der Waals surface area contributed by atoms with Crippen molar-refractivity contribution in [2.75, 3.05) is 13.2 Å². The molecule has 2 aliphatic rings. The monoisotopic (exact) mass is 273 g/mol. The minimum absolute atomic E-state index is 0.0338. The van der Waals surface area contributed by atoms with Gasteiger partial charge < -0.3 is 35.8 Å². The molecular weight excluding hydrogens is 254 g/mol. The Balaban J connectivity index is 2.20. The molecule has 1 saturated heterocycles. The summed E-state index contributed by atoms with van der Waals surface area (Å²) in [5.41, 5.74) is 3.88. The Morgan fingerprint density at radius 2 is 2.26 bits per heavy atom. The molecular formula is C11H19N3O5. The van der Waals surface area contributed by atoms with E-state index >= 15 is 0 Å². The zero-order chi connectivity index (χ0) is 14.2. The Bertz CT molecular complexity index is 398. The lowest BCUT2D eigenvalue weighted by Crippen LogP contribution is -2.67. The molecule has 0 aromatic carbocycles. The molecule has 0 saturated carbocycles. The largest absolute Gasteiger partial charge is 0.394 e. The minimum atomic E-state index is -1.57. The highest BCUT2D eigenvalue weighted by atomic mass is 16.5. The van der Waals surface area contributed by atoms with Gasteiger partial charge in [-0.15, -0.1) is 0 Å². The molecule has 0 bridgehead atoms. The fourth-order valence-corrected chi connectivity index (χ4v) is 2.34. The van der Waals surface area contributed by atoms with Gasteiger partial charge in [-0.25, -0.2) is 4.99 Å². The first-order valence-electron chi connectivity index (χ1n) is 5.97. The van der Waals surface area contributed by atoms with Crippen LogP contribution < -0.4 is 5.73 Å². The lowest BCUT2D eigenvalue weighted by atomic mass is 9.84. The molecule has 2 aliphatic heterocycles. The van der Waals surface area contributed by atoms with Crippen molar-refractivity contribution in [2.24, 2.45) is 10.7 Å². The second kappa shape index (κ2) is 5.06. The normalized spacial score (nSPS) is 43.2. The molecule has 0 aliphatic carbocycles. The van der Waals surface area contributed by atoms with Gasteiger partial charge in [-0.2, -0.15) is 0 Å². The van der Waals surface area contributed by atoms with Gasteiger partial charge in [0, 0.05) is 6.20 Å². The molecule has 0 aromatic rings. The van der Waals surface area contributed by atoms with E-state index in [0.29, 0.717) is 0 Å². The third-order valence-electron chi connectivity index (χ3n) is 3.58. The predicted octanol–water partition coefficient (Wildman–Crippen LogP) is -2.68. The van der Waals surface area contributed by atoms with Gasteiger partial charge >= 0.3 is 0 Å². The number of rotatable bonds is 2. The Labute approximate surface area is 110 Å². The maximum Gasteiger partial charge on any atom is 0.227 e. The number of hydrogen-bond acceptors (Lipinski definition) is 8. The number of aliphatic hydroxyl groups excluding tert-OH is 3. The fraction of sp³-hybridized carbons (Fsp3) is 0.727. The zero-order valence-electron chi connectivity index (χ0n) is 10.5. The number of amidine groups is 1. The number of nitrogens with two attached hydrogens (primary N) is 1. The summed E-state index contributed by atoms with van der Waals surface area (Å²) >= 11 is 0. The molecule has 0 aromatic heterocycles. The smallest absolute Gasteiger partial charge is 0.227 e. The Kier molecular flexibility index (Phi) is 3.79. The van der Waals surface area contributed by atoms with Gasteiger partial charge in [0.25, 0.3) is 0 Å².